The summed E-state index contributed by atoms with van der Waals surface area (Å²) in [7, 11) is 0. The molecule has 1 heteroatoms. The lowest BCUT2D eigenvalue weighted by atomic mass is 9.92. The van der Waals surface area contributed by atoms with Gasteiger partial charge in [0.25, 0.3) is 0 Å². The van der Waals surface area contributed by atoms with E-state index < -0.39 is 0 Å². The van der Waals surface area contributed by atoms with Crippen molar-refractivity contribution in [3.63, 3.8) is 0 Å². The van der Waals surface area contributed by atoms with E-state index in [1.165, 1.54) is 86.9 Å². The second kappa shape index (κ2) is 12.7. The number of nitrogens with zero attached hydrogens (tertiary/aromatic N) is 1. The molecule has 55 heavy (non-hydrogen) atoms. The van der Waals surface area contributed by atoms with Crippen molar-refractivity contribution in [3.05, 3.63) is 212 Å². The number of benzene rings is 11. The van der Waals surface area contributed by atoms with Crippen molar-refractivity contribution < 1.29 is 0 Å². The Bertz CT molecular complexity index is 3260. The van der Waals surface area contributed by atoms with Crippen LogP contribution in [0.25, 0.3) is 86.9 Å². The molecule has 11 rings (SSSR count). The van der Waals surface area contributed by atoms with Crippen LogP contribution in [0.2, 0.25) is 0 Å². The van der Waals surface area contributed by atoms with Crippen LogP contribution in [0.15, 0.2) is 212 Å². The van der Waals surface area contributed by atoms with E-state index in [2.05, 4.69) is 217 Å². The van der Waals surface area contributed by atoms with Crippen molar-refractivity contribution in [2.75, 3.05) is 4.90 Å². The number of rotatable bonds is 5. The highest BCUT2D eigenvalue weighted by Gasteiger charge is 2.19. The van der Waals surface area contributed by atoms with Gasteiger partial charge in [-0.15, -0.1) is 0 Å². The van der Waals surface area contributed by atoms with Crippen LogP contribution in [0.3, 0.4) is 0 Å². The quantitative estimate of drug-likeness (QED) is 0.162. The van der Waals surface area contributed by atoms with Gasteiger partial charge in [-0.2, -0.15) is 0 Å². The molecule has 0 aliphatic rings. The maximum Gasteiger partial charge on any atom is 0.0540 e. The standard InChI is InChI=1S/C54H35N/c1-2-11-36(12-3-1)41-15-10-16-44(33-41)55(45-29-30-47-42(34-45)27-23-37-13-4-6-17-46(37)47)53-32-31-48(50-19-8-9-20-51(50)53)43-28-24-39-22-26-40-25-21-38-14-5-7-18-49(38)54(40)52(39)35-43/h1-35H. The van der Waals surface area contributed by atoms with Gasteiger partial charge in [-0.25, -0.2) is 0 Å². The molecule has 11 aromatic carbocycles. The summed E-state index contributed by atoms with van der Waals surface area (Å²) >= 11 is 0. The number of fused-ring (bicyclic) bond motifs is 9. The minimum absolute atomic E-state index is 1.11. The molecular weight excluding hydrogens is 663 g/mol. The molecule has 1 nitrogen and oxygen atoms in total. The van der Waals surface area contributed by atoms with E-state index >= 15 is 0 Å². The third kappa shape index (κ3) is 5.24. The molecule has 0 aliphatic heterocycles. The van der Waals surface area contributed by atoms with Crippen LogP contribution < -0.4 is 4.90 Å². The molecule has 0 spiro atoms. The van der Waals surface area contributed by atoms with Crippen LogP contribution in [0.4, 0.5) is 17.1 Å². The zero-order valence-corrected chi connectivity index (χ0v) is 30.2. The number of hydrogen-bond donors (Lipinski definition) is 0. The first-order valence-corrected chi connectivity index (χ1v) is 19.0. The molecule has 0 saturated carbocycles. The zero-order chi connectivity index (χ0) is 36.3. The monoisotopic (exact) mass is 697 g/mol. The molecule has 256 valence electrons. The molecule has 0 saturated heterocycles. The van der Waals surface area contributed by atoms with Gasteiger partial charge in [0.1, 0.15) is 0 Å². The largest absolute Gasteiger partial charge is 0.310 e. The van der Waals surface area contributed by atoms with Gasteiger partial charge in [0.15, 0.2) is 0 Å². The van der Waals surface area contributed by atoms with Gasteiger partial charge in [-0.3, -0.25) is 0 Å². The summed E-state index contributed by atoms with van der Waals surface area (Å²) in [5.41, 5.74) is 8.20. The summed E-state index contributed by atoms with van der Waals surface area (Å²) in [6, 6.07) is 77.9. The van der Waals surface area contributed by atoms with Crippen LogP contribution in [-0.4, -0.2) is 0 Å². The summed E-state index contributed by atoms with van der Waals surface area (Å²) in [5.74, 6) is 0. The van der Waals surface area contributed by atoms with Crippen LogP contribution in [-0.2, 0) is 0 Å². The van der Waals surface area contributed by atoms with Gasteiger partial charge in [0.2, 0.25) is 0 Å². The average Bonchev–Trinajstić information content (AvgIpc) is 3.26. The van der Waals surface area contributed by atoms with Crippen LogP contribution in [0.1, 0.15) is 0 Å². The van der Waals surface area contributed by atoms with Gasteiger partial charge in [-0.05, 0) is 118 Å². The predicted octanol–water partition coefficient (Wildman–Crippen LogP) is 15.4. The van der Waals surface area contributed by atoms with Crippen molar-refractivity contribution in [2.24, 2.45) is 0 Å². The van der Waals surface area contributed by atoms with E-state index in [1.54, 1.807) is 0 Å². The Morgan fingerprint density at radius 2 is 0.836 bits per heavy atom. The first kappa shape index (κ1) is 31.3. The first-order valence-electron chi connectivity index (χ1n) is 19.0. The Kier molecular flexibility index (Phi) is 7.25. The normalized spacial score (nSPS) is 11.6. The highest BCUT2D eigenvalue weighted by atomic mass is 15.1. The SMILES string of the molecule is c1ccc(-c2cccc(N(c3ccc4c(ccc5ccccc54)c3)c3ccc(-c4ccc5ccc6ccc7ccccc7c6c5c4)c4ccccc34)c2)cc1. The Hall–Kier alpha value is -7.22. The third-order valence-corrected chi connectivity index (χ3v) is 11.4. The lowest BCUT2D eigenvalue weighted by Gasteiger charge is -2.28. The van der Waals surface area contributed by atoms with E-state index in [4.69, 9.17) is 0 Å². The summed E-state index contributed by atoms with van der Waals surface area (Å²) in [6.07, 6.45) is 0. The first-order chi connectivity index (χ1) is 27.3. The molecule has 0 unspecified atom stereocenters. The highest BCUT2D eigenvalue weighted by molar-refractivity contribution is 6.21. The minimum Gasteiger partial charge on any atom is -0.310 e. The van der Waals surface area contributed by atoms with Gasteiger partial charge in [0, 0.05) is 16.8 Å². The van der Waals surface area contributed by atoms with E-state index in [0.717, 1.165) is 17.1 Å². The Labute approximate surface area is 320 Å². The average molecular weight is 698 g/mol. The van der Waals surface area contributed by atoms with Crippen molar-refractivity contribution in [3.8, 4) is 22.3 Å². The van der Waals surface area contributed by atoms with Crippen molar-refractivity contribution in [1.82, 2.24) is 0 Å². The van der Waals surface area contributed by atoms with E-state index in [-0.39, 0.29) is 0 Å². The van der Waals surface area contributed by atoms with E-state index in [9.17, 15) is 0 Å². The fourth-order valence-electron chi connectivity index (χ4n) is 8.74. The van der Waals surface area contributed by atoms with Crippen molar-refractivity contribution >= 4 is 81.7 Å². The summed E-state index contributed by atoms with van der Waals surface area (Å²) < 4.78 is 0. The fraction of sp³-hybridized carbons (Fsp3) is 0. The molecule has 0 atom stereocenters. The molecular formula is C54H35N. The number of hydrogen-bond acceptors (Lipinski definition) is 1. The van der Waals surface area contributed by atoms with E-state index in [1.807, 2.05) is 0 Å². The third-order valence-electron chi connectivity index (χ3n) is 11.4. The lowest BCUT2D eigenvalue weighted by Crippen LogP contribution is -2.11. The van der Waals surface area contributed by atoms with Crippen LogP contribution >= 0.6 is 0 Å². The second-order valence-electron chi connectivity index (χ2n) is 14.5. The van der Waals surface area contributed by atoms with Crippen LogP contribution in [0, 0.1) is 0 Å². The van der Waals surface area contributed by atoms with Crippen molar-refractivity contribution in [1.29, 1.82) is 0 Å². The molecule has 0 bridgehead atoms. The molecule has 0 amide bonds. The Morgan fingerprint density at radius 1 is 0.255 bits per heavy atom. The summed E-state index contributed by atoms with van der Waals surface area (Å²) in [4.78, 5) is 2.44. The molecule has 0 N–H and O–H groups in total. The maximum atomic E-state index is 2.44. The van der Waals surface area contributed by atoms with Gasteiger partial charge in [-0.1, -0.05) is 176 Å². The molecule has 0 heterocycles. The van der Waals surface area contributed by atoms with Crippen LogP contribution in [0.5, 0.6) is 0 Å². The predicted molar refractivity (Wildman–Crippen MR) is 237 cm³/mol. The number of anilines is 3. The highest BCUT2D eigenvalue weighted by Crippen LogP contribution is 2.44. The van der Waals surface area contributed by atoms with Gasteiger partial charge >= 0.3 is 0 Å². The summed E-state index contributed by atoms with van der Waals surface area (Å²) in [5, 5.41) is 15.1. The molecule has 0 fully saturated rings. The molecule has 0 aromatic heterocycles. The topological polar surface area (TPSA) is 3.24 Å². The summed E-state index contributed by atoms with van der Waals surface area (Å²) in [6.45, 7) is 0. The van der Waals surface area contributed by atoms with E-state index in [0.29, 0.717) is 0 Å². The lowest BCUT2D eigenvalue weighted by molar-refractivity contribution is 1.30. The minimum atomic E-state index is 1.11. The molecule has 0 aliphatic carbocycles. The molecule has 11 aromatic rings. The zero-order valence-electron chi connectivity index (χ0n) is 30.2. The Morgan fingerprint density at radius 3 is 1.65 bits per heavy atom. The molecule has 0 radical (unpaired) electrons. The fourth-order valence-corrected chi connectivity index (χ4v) is 8.74. The van der Waals surface area contributed by atoms with Crippen molar-refractivity contribution in [2.45, 2.75) is 0 Å². The Balaban J connectivity index is 1.13. The van der Waals surface area contributed by atoms with Gasteiger partial charge < -0.3 is 4.90 Å². The second-order valence-corrected chi connectivity index (χ2v) is 14.5. The maximum absolute atomic E-state index is 2.44. The smallest absolute Gasteiger partial charge is 0.0540 e. The van der Waals surface area contributed by atoms with Gasteiger partial charge in [0.05, 0.1) is 5.69 Å².